The van der Waals surface area contributed by atoms with E-state index >= 15 is 0 Å². The molecule has 0 N–H and O–H groups in total. The Balaban J connectivity index is 1.31. The fourth-order valence-corrected chi connectivity index (χ4v) is 7.63. The second kappa shape index (κ2) is 14.5. The molecule has 0 fully saturated rings. The Morgan fingerprint density at radius 1 is 0.731 bits per heavy atom. The van der Waals surface area contributed by atoms with E-state index in [-0.39, 0.29) is 5.41 Å². The van der Waals surface area contributed by atoms with Crippen LogP contribution in [0.5, 0.6) is 11.5 Å². The van der Waals surface area contributed by atoms with Crippen molar-refractivity contribution < 1.29 is 4.74 Å². The van der Waals surface area contributed by atoms with Gasteiger partial charge in [-0.05, 0) is 122 Å². The molecule has 7 rings (SSSR count). The first-order valence-corrected chi connectivity index (χ1v) is 18.9. The lowest BCUT2D eigenvalue weighted by Crippen LogP contribution is -2.10. The summed E-state index contributed by atoms with van der Waals surface area (Å²) in [7, 11) is 0. The van der Waals surface area contributed by atoms with Crippen LogP contribution in [0.1, 0.15) is 82.0 Å². The molecular weight excluding hydrogens is 637 g/mol. The van der Waals surface area contributed by atoms with Crippen LogP contribution in [0.4, 0.5) is 0 Å². The van der Waals surface area contributed by atoms with E-state index in [4.69, 9.17) is 14.8 Å². The first kappa shape index (κ1) is 35.3. The molecule has 266 valence electrons. The largest absolute Gasteiger partial charge is 0.457 e. The molecule has 3 aromatic heterocycles. The van der Waals surface area contributed by atoms with Crippen LogP contribution in [-0.2, 0) is 12.8 Å². The van der Waals surface area contributed by atoms with Crippen LogP contribution < -0.4 is 4.74 Å². The molecule has 0 saturated heterocycles. The topological polar surface area (TPSA) is 44.9 Å². The Morgan fingerprint density at radius 3 is 2.29 bits per heavy atom. The lowest BCUT2D eigenvalue weighted by molar-refractivity contribution is 0.409. The van der Waals surface area contributed by atoms with Crippen molar-refractivity contribution in [3.05, 3.63) is 131 Å². The highest BCUT2D eigenvalue weighted by molar-refractivity contribution is 6.09. The van der Waals surface area contributed by atoms with Crippen molar-refractivity contribution in [2.24, 2.45) is 11.3 Å². The van der Waals surface area contributed by atoms with Crippen LogP contribution in [0.25, 0.3) is 44.4 Å². The third-order valence-corrected chi connectivity index (χ3v) is 9.95. The lowest BCUT2D eigenvalue weighted by atomic mass is 9.88. The zero-order chi connectivity index (χ0) is 36.6. The molecule has 7 aromatic rings. The number of nitrogens with zero attached hydrogens (tertiary/aromatic N) is 4. The van der Waals surface area contributed by atoms with E-state index in [0.29, 0.717) is 0 Å². The summed E-state index contributed by atoms with van der Waals surface area (Å²) in [4.78, 5) is 4.84. The van der Waals surface area contributed by atoms with Gasteiger partial charge in [-0.15, -0.1) is 0 Å². The number of fused-ring (bicyclic) bond motifs is 3. The normalized spacial score (nSPS) is 12.0. The van der Waals surface area contributed by atoms with Crippen molar-refractivity contribution in [3.63, 3.8) is 0 Å². The van der Waals surface area contributed by atoms with Gasteiger partial charge in [0.05, 0.1) is 22.4 Å². The van der Waals surface area contributed by atoms with Gasteiger partial charge in [0, 0.05) is 40.4 Å². The van der Waals surface area contributed by atoms with Gasteiger partial charge in [-0.3, -0.25) is 4.57 Å². The molecule has 0 unspecified atom stereocenters. The van der Waals surface area contributed by atoms with E-state index in [1.807, 2.05) is 6.20 Å². The van der Waals surface area contributed by atoms with Crippen molar-refractivity contribution in [3.8, 4) is 34.1 Å². The van der Waals surface area contributed by atoms with Crippen molar-refractivity contribution in [2.45, 2.75) is 87.5 Å². The molecule has 0 radical (unpaired) electrons. The summed E-state index contributed by atoms with van der Waals surface area (Å²) >= 11 is 0. The summed E-state index contributed by atoms with van der Waals surface area (Å²) in [5.74, 6) is 3.24. The molecule has 0 spiro atoms. The number of rotatable bonds is 11. The fourth-order valence-electron chi connectivity index (χ4n) is 7.63. The first-order chi connectivity index (χ1) is 24.9. The molecule has 5 heteroatoms. The molecule has 0 aliphatic carbocycles. The zero-order valence-corrected chi connectivity index (χ0v) is 32.1. The highest BCUT2D eigenvalue weighted by atomic mass is 16.5. The summed E-state index contributed by atoms with van der Waals surface area (Å²) in [6.07, 6.45) is 7.65. The van der Waals surface area contributed by atoms with E-state index in [1.165, 1.54) is 57.9 Å². The molecule has 0 atom stereocenters. The minimum atomic E-state index is 0.105. The van der Waals surface area contributed by atoms with Gasteiger partial charge in [-0.25, -0.2) is 9.67 Å². The van der Waals surface area contributed by atoms with Crippen LogP contribution in [0.15, 0.2) is 103 Å². The molecule has 0 amide bonds. The van der Waals surface area contributed by atoms with Crippen molar-refractivity contribution in [2.75, 3.05) is 0 Å². The quantitative estimate of drug-likeness (QED) is 0.127. The predicted molar refractivity (Wildman–Crippen MR) is 217 cm³/mol. The minimum Gasteiger partial charge on any atom is -0.457 e. The second-order valence-electron chi connectivity index (χ2n) is 16.2. The van der Waals surface area contributed by atoms with Gasteiger partial charge in [-0.1, -0.05) is 83.9 Å². The Morgan fingerprint density at radius 2 is 1.54 bits per heavy atom. The number of hydrogen-bond donors (Lipinski definition) is 0. The molecule has 3 heterocycles. The highest BCUT2D eigenvalue weighted by Gasteiger charge is 2.19. The van der Waals surface area contributed by atoms with Gasteiger partial charge in [0.25, 0.3) is 0 Å². The molecule has 4 aromatic carbocycles. The number of unbranched alkanes of at least 4 members (excludes halogenated alkanes) is 1. The van der Waals surface area contributed by atoms with Crippen LogP contribution in [-0.4, -0.2) is 19.3 Å². The van der Waals surface area contributed by atoms with E-state index in [2.05, 4.69) is 162 Å². The van der Waals surface area contributed by atoms with Gasteiger partial charge in [0.1, 0.15) is 17.3 Å². The molecule has 0 saturated carbocycles. The van der Waals surface area contributed by atoms with Gasteiger partial charge in [0.15, 0.2) is 0 Å². The van der Waals surface area contributed by atoms with Gasteiger partial charge in [0.2, 0.25) is 0 Å². The Hall–Kier alpha value is -5.16. The van der Waals surface area contributed by atoms with E-state index < -0.39 is 0 Å². The highest BCUT2D eigenvalue weighted by Crippen LogP contribution is 2.37. The lowest BCUT2D eigenvalue weighted by Gasteiger charge is -2.20. The monoisotopic (exact) mass is 688 g/mol. The molecular formula is C47H52N4O. The standard InChI is InChI=1S/C47H52N4O/c1-31(2)14-12-13-15-35-18-21-43-42(27-35)41-20-19-39(29-44(41)50(43)45-24-32(3)22-23-48-45)52-40-26-36(30-47(6,7)8)25-38(28-40)51-34(5)46(33(4)49-51)37-16-10-9-11-17-37/h9-11,16-29,31H,12-15,30H2,1-8H3. The third-order valence-electron chi connectivity index (χ3n) is 9.95. The maximum absolute atomic E-state index is 6.81. The maximum Gasteiger partial charge on any atom is 0.137 e. The third kappa shape index (κ3) is 7.55. The Labute approximate surface area is 309 Å². The SMILES string of the molecule is Cc1ccnc(-n2c3ccc(CCCCC(C)C)cc3c3ccc(Oc4cc(CC(C)(C)C)cc(-n5nc(C)c(-c6ccccc6)c5C)c4)cc32)c1. The summed E-state index contributed by atoms with van der Waals surface area (Å²) in [5.41, 5.74) is 11.6. The van der Waals surface area contributed by atoms with Crippen LogP contribution in [0.3, 0.4) is 0 Å². The fraction of sp³-hybridized carbons (Fsp3) is 0.319. The Bertz CT molecular complexity index is 2350. The second-order valence-corrected chi connectivity index (χ2v) is 16.2. The zero-order valence-electron chi connectivity index (χ0n) is 32.1. The number of hydrogen-bond acceptors (Lipinski definition) is 3. The average Bonchev–Trinajstić information content (AvgIpc) is 3.58. The Kier molecular flexibility index (Phi) is 9.80. The first-order valence-electron chi connectivity index (χ1n) is 18.9. The van der Waals surface area contributed by atoms with E-state index in [1.54, 1.807) is 0 Å². The number of aromatic nitrogens is 4. The maximum atomic E-state index is 6.81. The summed E-state index contributed by atoms with van der Waals surface area (Å²) in [5, 5.41) is 7.50. The smallest absolute Gasteiger partial charge is 0.137 e. The summed E-state index contributed by atoms with van der Waals surface area (Å²) in [6, 6.07) is 34.8. The van der Waals surface area contributed by atoms with Crippen LogP contribution >= 0.6 is 0 Å². The molecule has 0 bridgehead atoms. The van der Waals surface area contributed by atoms with Gasteiger partial charge >= 0.3 is 0 Å². The number of ether oxygens (including phenoxy) is 1. The minimum absolute atomic E-state index is 0.105. The average molecular weight is 689 g/mol. The number of benzene rings is 4. The van der Waals surface area contributed by atoms with Crippen LogP contribution in [0.2, 0.25) is 0 Å². The number of pyridine rings is 1. The molecule has 0 aliphatic heterocycles. The van der Waals surface area contributed by atoms with Gasteiger partial charge in [-0.2, -0.15) is 5.10 Å². The molecule has 52 heavy (non-hydrogen) atoms. The number of aryl methyl sites for hydroxylation is 3. The molecule has 5 nitrogen and oxygen atoms in total. The van der Waals surface area contributed by atoms with Crippen molar-refractivity contribution in [1.29, 1.82) is 0 Å². The summed E-state index contributed by atoms with van der Waals surface area (Å²) < 4.78 is 11.2. The summed E-state index contributed by atoms with van der Waals surface area (Å²) in [6.45, 7) is 17.8. The van der Waals surface area contributed by atoms with Gasteiger partial charge < -0.3 is 4.74 Å². The predicted octanol–water partition coefficient (Wildman–Crippen LogP) is 12.7. The van der Waals surface area contributed by atoms with E-state index in [9.17, 15) is 0 Å². The van der Waals surface area contributed by atoms with Crippen molar-refractivity contribution >= 4 is 21.8 Å². The molecule has 0 aliphatic rings. The van der Waals surface area contributed by atoms with Crippen LogP contribution in [0, 0.1) is 32.1 Å². The van der Waals surface area contributed by atoms with E-state index in [0.717, 1.165) is 64.2 Å². The van der Waals surface area contributed by atoms with Crippen molar-refractivity contribution in [1.82, 2.24) is 19.3 Å².